The van der Waals surface area contributed by atoms with Crippen LogP contribution in [0.3, 0.4) is 0 Å². The van der Waals surface area contributed by atoms with Crippen LogP contribution in [-0.4, -0.2) is 51.0 Å². The number of rotatable bonds is 2. The molecule has 4 aromatic rings. The Hall–Kier alpha value is -3.53. The molecule has 3 aromatic heterocycles. The number of piperidine rings is 1. The number of carboxylic acid groups (broad SMARTS) is 1. The number of amides is 1. The zero-order valence-corrected chi connectivity index (χ0v) is 17.8. The number of nitrogens with zero attached hydrogens (tertiary/aromatic N) is 4. The van der Waals surface area contributed by atoms with Crippen molar-refractivity contribution in [3.8, 4) is 0 Å². The molecule has 9 nitrogen and oxygen atoms in total. The first-order valence-electron chi connectivity index (χ1n) is 10.4. The molecule has 1 amide bonds. The highest BCUT2D eigenvalue weighted by atomic mass is 32.1. The van der Waals surface area contributed by atoms with Gasteiger partial charge in [0.2, 0.25) is 17.3 Å². The number of aromatic carboxylic acids is 1. The fourth-order valence-corrected chi connectivity index (χ4v) is 6.09. The van der Waals surface area contributed by atoms with Crippen molar-refractivity contribution in [3.63, 3.8) is 0 Å². The number of thiazole rings is 1. The smallest absolute Gasteiger partial charge is 0.342 e. The highest BCUT2D eigenvalue weighted by molar-refractivity contribution is 7.24. The third-order valence-electron chi connectivity index (χ3n) is 6.69. The maximum absolute atomic E-state index is 13.0. The first-order chi connectivity index (χ1) is 15.5. The quantitative estimate of drug-likeness (QED) is 0.482. The lowest BCUT2D eigenvalue weighted by Crippen LogP contribution is -2.42. The number of carboxylic acids is 1. The van der Waals surface area contributed by atoms with Gasteiger partial charge in [-0.2, -0.15) is 4.98 Å². The van der Waals surface area contributed by atoms with Gasteiger partial charge in [0.1, 0.15) is 10.4 Å². The zero-order chi connectivity index (χ0) is 22.0. The average Bonchev–Trinajstić information content (AvgIpc) is 3.34. The van der Waals surface area contributed by atoms with Gasteiger partial charge in [0.25, 0.3) is 0 Å². The van der Waals surface area contributed by atoms with Crippen molar-refractivity contribution in [3.05, 3.63) is 46.2 Å². The van der Waals surface area contributed by atoms with Gasteiger partial charge in [0, 0.05) is 32.3 Å². The first kappa shape index (κ1) is 19.2. The molecule has 0 aliphatic carbocycles. The summed E-state index contributed by atoms with van der Waals surface area (Å²) in [6, 6.07) is 7.55. The van der Waals surface area contributed by atoms with Crippen LogP contribution >= 0.6 is 11.3 Å². The lowest BCUT2D eigenvalue weighted by molar-refractivity contribution is -0.119. The number of hydrogen-bond donors (Lipinski definition) is 2. The number of carbonyl (C=O) groups excluding carboxylic acids is 1. The van der Waals surface area contributed by atoms with E-state index in [0.29, 0.717) is 29.4 Å². The van der Waals surface area contributed by atoms with Crippen molar-refractivity contribution in [2.45, 2.75) is 19.3 Å². The van der Waals surface area contributed by atoms with Gasteiger partial charge in [0.05, 0.1) is 15.6 Å². The van der Waals surface area contributed by atoms with E-state index in [9.17, 15) is 19.5 Å². The van der Waals surface area contributed by atoms with E-state index >= 15 is 0 Å². The molecule has 2 aliphatic heterocycles. The molecule has 0 saturated carbocycles. The molecule has 0 atom stereocenters. The molecule has 2 fully saturated rings. The van der Waals surface area contributed by atoms with Gasteiger partial charge in [0.15, 0.2) is 5.65 Å². The number of pyridine rings is 1. The minimum Gasteiger partial charge on any atom is -0.477 e. The summed E-state index contributed by atoms with van der Waals surface area (Å²) in [7, 11) is 0. The summed E-state index contributed by atoms with van der Waals surface area (Å²) >= 11 is 1.27. The molecule has 0 unspecified atom stereocenters. The summed E-state index contributed by atoms with van der Waals surface area (Å²) in [5.74, 6) is -0.636. The SMILES string of the molecule is O=C1CC2(CCN(c3ncc4c(=O)c(C(=O)O)c5sc6ccccc6n5c4n3)CC2)CN1. The lowest BCUT2D eigenvalue weighted by atomic mass is 9.78. The number of benzene rings is 1. The number of carbonyl (C=O) groups is 2. The molecule has 2 N–H and O–H groups in total. The zero-order valence-electron chi connectivity index (χ0n) is 17.0. The Kier molecular flexibility index (Phi) is 4.03. The monoisotopic (exact) mass is 449 g/mol. The number of para-hydroxylation sites is 1. The first-order valence-corrected chi connectivity index (χ1v) is 11.3. The second kappa shape index (κ2) is 6.73. The molecule has 1 spiro atoms. The van der Waals surface area contributed by atoms with Crippen LogP contribution in [0.25, 0.3) is 26.1 Å². The van der Waals surface area contributed by atoms with Crippen LogP contribution in [0.15, 0.2) is 35.3 Å². The van der Waals surface area contributed by atoms with Gasteiger partial charge < -0.3 is 15.3 Å². The van der Waals surface area contributed by atoms with Crippen molar-refractivity contribution in [1.82, 2.24) is 19.7 Å². The van der Waals surface area contributed by atoms with Gasteiger partial charge in [-0.25, -0.2) is 9.78 Å². The number of anilines is 1. The molecule has 0 radical (unpaired) electrons. The molecule has 32 heavy (non-hydrogen) atoms. The van der Waals surface area contributed by atoms with Crippen molar-refractivity contribution in [1.29, 1.82) is 0 Å². The average molecular weight is 449 g/mol. The third kappa shape index (κ3) is 2.72. The second-order valence-corrected chi connectivity index (χ2v) is 9.60. The summed E-state index contributed by atoms with van der Waals surface area (Å²) in [5.41, 5.74) is 0.398. The van der Waals surface area contributed by atoms with E-state index in [4.69, 9.17) is 4.98 Å². The molecule has 1 aromatic carbocycles. The molecule has 2 saturated heterocycles. The van der Waals surface area contributed by atoms with Crippen LogP contribution < -0.4 is 15.6 Å². The lowest BCUT2D eigenvalue weighted by Gasteiger charge is -2.38. The Morgan fingerprint density at radius 1 is 1.19 bits per heavy atom. The van der Waals surface area contributed by atoms with Crippen LogP contribution in [0.5, 0.6) is 0 Å². The minimum atomic E-state index is -1.26. The number of hydrogen-bond acceptors (Lipinski definition) is 7. The van der Waals surface area contributed by atoms with Gasteiger partial charge >= 0.3 is 5.97 Å². The van der Waals surface area contributed by atoms with E-state index < -0.39 is 11.4 Å². The summed E-state index contributed by atoms with van der Waals surface area (Å²) in [6.07, 6.45) is 3.73. The topological polar surface area (TPSA) is 117 Å². The molecule has 2 aliphatic rings. The molecular formula is C22H19N5O4S. The minimum absolute atomic E-state index is 0.00852. The Morgan fingerprint density at radius 3 is 2.69 bits per heavy atom. The predicted octanol–water partition coefficient (Wildman–Crippen LogP) is 2.26. The Morgan fingerprint density at radius 2 is 1.97 bits per heavy atom. The largest absolute Gasteiger partial charge is 0.477 e. The Balaban J connectivity index is 1.51. The summed E-state index contributed by atoms with van der Waals surface area (Å²) < 4.78 is 2.64. The molecular weight excluding hydrogens is 430 g/mol. The summed E-state index contributed by atoms with van der Waals surface area (Å²) in [4.78, 5) is 48.3. The highest BCUT2D eigenvalue weighted by Gasteiger charge is 2.41. The van der Waals surface area contributed by atoms with E-state index in [0.717, 1.165) is 36.1 Å². The second-order valence-electron chi connectivity index (χ2n) is 8.57. The molecule has 6 rings (SSSR count). The van der Waals surface area contributed by atoms with E-state index in [1.165, 1.54) is 17.5 Å². The van der Waals surface area contributed by atoms with E-state index in [2.05, 4.69) is 15.2 Å². The maximum atomic E-state index is 13.0. The molecule has 5 heterocycles. The van der Waals surface area contributed by atoms with Crippen LogP contribution in [0.4, 0.5) is 5.95 Å². The molecule has 162 valence electrons. The van der Waals surface area contributed by atoms with E-state index in [-0.39, 0.29) is 22.3 Å². The van der Waals surface area contributed by atoms with Gasteiger partial charge in [-0.1, -0.05) is 12.1 Å². The van der Waals surface area contributed by atoms with Crippen molar-refractivity contribution < 1.29 is 14.7 Å². The van der Waals surface area contributed by atoms with Gasteiger partial charge in [-0.3, -0.25) is 14.0 Å². The van der Waals surface area contributed by atoms with Crippen molar-refractivity contribution in [2.24, 2.45) is 5.41 Å². The summed E-state index contributed by atoms with van der Waals surface area (Å²) in [6.45, 7) is 2.15. The fourth-order valence-electron chi connectivity index (χ4n) is 4.91. The highest BCUT2D eigenvalue weighted by Crippen LogP contribution is 2.38. The number of nitrogens with one attached hydrogen (secondary N) is 1. The third-order valence-corrected chi connectivity index (χ3v) is 7.83. The van der Waals surface area contributed by atoms with Crippen molar-refractivity contribution >= 4 is 55.2 Å². The van der Waals surface area contributed by atoms with Crippen LogP contribution in [-0.2, 0) is 4.79 Å². The Bertz CT molecular complexity index is 1500. The number of fused-ring (bicyclic) bond motifs is 5. The molecule has 10 heteroatoms. The Labute approximate surface area is 185 Å². The maximum Gasteiger partial charge on any atom is 0.342 e. The van der Waals surface area contributed by atoms with E-state index in [1.807, 2.05) is 24.3 Å². The predicted molar refractivity (Wildman–Crippen MR) is 121 cm³/mol. The van der Waals surface area contributed by atoms with Crippen LogP contribution in [0.2, 0.25) is 0 Å². The standard InChI is InChI=1S/C22H19N5O4S/c28-15-9-22(11-24-15)5-7-26(8-6-22)21-23-10-12-17(29)16(20(30)31)19-27(18(12)25-21)13-3-1-2-4-14(13)32-19/h1-4,10H,5-9,11H2,(H,24,28)(H,30,31). The van der Waals surface area contributed by atoms with Crippen molar-refractivity contribution in [2.75, 3.05) is 24.5 Å². The van der Waals surface area contributed by atoms with Gasteiger partial charge in [-0.15, -0.1) is 11.3 Å². The van der Waals surface area contributed by atoms with E-state index in [1.54, 1.807) is 4.40 Å². The number of aromatic nitrogens is 3. The fraction of sp³-hybridized carbons (Fsp3) is 0.318. The normalized spacial score (nSPS) is 18.1. The molecule has 0 bridgehead atoms. The van der Waals surface area contributed by atoms with Gasteiger partial charge in [-0.05, 0) is 30.4 Å². The van der Waals surface area contributed by atoms with Crippen LogP contribution in [0.1, 0.15) is 29.6 Å². The summed E-state index contributed by atoms with van der Waals surface area (Å²) in [5, 5.41) is 12.9. The van der Waals surface area contributed by atoms with Crippen LogP contribution in [0, 0.1) is 5.41 Å².